The van der Waals surface area contributed by atoms with Crippen LogP contribution in [0.2, 0.25) is 0 Å². The summed E-state index contributed by atoms with van der Waals surface area (Å²) in [6, 6.07) is 0. The Morgan fingerprint density at radius 1 is 1.47 bits per heavy atom. The van der Waals surface area contributed by atoms with Gasteiger partial charge in [-0.2, -0.15) is 0 Å². The van der Waals surface area contributed by atoms with E-state index in [1.165, 1.54) is 18.4 Å². The molecule has 0 aromatic rings. The molecule has 2 aliphatic rings. The zero-order valence-electron chi connectivity index (χ0n) is 9.53. The van der Waals surface area contributed by atoms with Gasteiger partial charge in [0.2, 0.25) is 0 Å². The Hall–Kier alpha value is -0.830. The number of esters is 1. The molecule has 0 amide bonds. The number of ether oxygens (including phenoxy) is 1. The van der Waals surface area contributed by atoms with Crippen LogP contribution in [0.25, 0.3) is 0 Å². The number of nitrogens with zero attached hydrogens (tertiary/aromatic N) is 1. The van der Waals surface area contributed by atoms with Crippen molar-refractivity contribution < 1.29 is 9.53 Å². The Morgan fingerprint density at radius 3 is 2.60 bits per heavy atom. The summed E-state index contributed by atoms with van der Waals surface area (Å²) in [5.74, 6) is 1.03. The van der Waals surface area contributed by atoms with Gasteiger partial charge in [-0.05, 0) is 38.6 Å². The highest BCUT2D eigenvalue weighted by molar-refractivity contribution is 5.83. The number of hydrogen-bond acceptors (Lipinski definition) is 3. The summed E-state index contributed by atoms with van der Waals surface area (Å²) in [6.45, 7) is 4.51. The molecule has 1 saturated carbocycles. The first kappa shape index (κ1) is 10.7. The van der Waals surface area contributed by atoms with E-state index in [9.17, 15) is 4.79 Å². The summed E-state index contributed by atoms with van der Waals surface area (Å²) in [7, 11) is 2.16. The number of fused-ring (bicyclic) bond motifs is 2. The second-order valence-corrected chi connectivity index (χ2v) is 4.59. The largest absolute Gasteiger partial charge is 0.463 e. The third-order valence-electron chi connectivity index (χ3n) is 3.44. The van der Waals surface area contributed by atoms with Crippen molar-refractivity contribution in [1.29, 1.82) is 0 Å². The SMILES string of the molecule is CCOC(=O)C=C1C2CCC1CN(C)C2. The molecule has 84 valence electrons. The molecule has 2 bridgehead atoms. The zero-order chi connectivity index (χ0) is 10.8. The molecule has 0 aromatic heterocycles. The van der Waals surface area contributed by atoms with E-state index in [2.05, 4.69) is 11.9 Å². The van der Waals surface area contributed by atoms with Crippen LogP contribution in [-0.4, -0.2) is 37.6 Å². The number of likely N-dealkylation sites (tertiary alicyclic amines) is 1. The third-order valence-corrected chi connectivity index (χ3v) is 3.44. The Morgan fingerprint density at radius 2 is 2.07 bits per heavy atom. The maximum Gasteiger partial charge on any atom is 0.330 e. The standard InChI is InChI=1S/C12H19NO2/c1-3-15-12(14)6-11-9-4-5-10(11)8-13(2)7-9/h6,9-10H,3-5,7-8H2,1-2H3. The van der Waals surface area contributed by atoms with Gasteiger partial charge in [0.15, 0.2) is 0 Å². The molecule has 1 aliphatic carbocycles. The van der Waals surface area contributed by atoms with Gasteiger partial charge in [0.1, 0.15) is 0 Å². The Kier molecular flexibility index (Phi) is 3.10. The molecule has 3 heteroatoms. The fourth-order valence-electron chi connectivity index (χ4n) is 2.85. The average molecular weight is 209 g/mol. The van der Waals surface area contributed by atoms with E-state index in [0.29, 0.717) is 18.4 Å². The number of piperidine rings is 1. The topological polar surface area (TPSA) is 29.5 Å². The number of hydrogen-bond donors (Lipinski definition) is 0. The second-order valence-electron chi connectivity index (χ2n) is 4.59. The summed E-state index contributed by atoms with van der Waals surface area (Å²) in [5.41, 5.74) is 1.34. The van der Waals surface area contributed by atoms with Gasteiger partial charge in [0.05, 0.1) is 6.61 Å². The van der Waals surface area contributed by atoms with Crippen molar-refractivity contribution in [2.24, 2.45) is 11.8 Å². The van der Waals surface area contributed by atoms with Gasteiger partial charge in [-0.25, -0.2) is 4.79 Å². The van der Waals surface area contributed by atoms with Gasteiger partial charge in [-0.1, -0.05) is 5.57 Å². The van der Waals surface area contributed by atoms with Crippen LogP contribution in [-0.2, 0) is 9.53 Å². The fourth-order valence-corrected chi connectivity index (χ4v) is 2.85. The van der Waals surface area contributed by atoms with Crippen LogP contribution in [0.15, 0.2) is 11.6 Å². The first-order chi connectivity index (χ1) is 7.20. The molecule has 3 nitrogen and oxygen atoms in total. The highest BCUT2D eigenvalue weighted by Crippen LogP contribution is 2.40. The predicted octanol–water partition coefficient (Wildman–Crippen LogP) is 1.45. The highest BCUT2D eigenvalue weighted by atomic mass is 16.5. The molecule has 15 heavy (non-hydrogen) atoms. The highest BCUT2D eigenvalue weighted by Gasteiger charge is 2.36. The van der Waals surface area contributed by atoms with Gasteiger partial charge in [-0.3, -0.25) is 0 Å². The van der Waals surface area contributed by atoms with E-state index in [-0.39, 0.29) is 5.97 Å². The van der Waals surface area contributed by atoms with Crippen molar-refractivity contribution in [3.05, 3.63) is 11.6 Å². The van der Waals surface area contributed by atoms with Crippen molar-refractivity contribution in [3.63, 3.8) is 0 Å². The number of carbonyl (C=O) groups is 1. The quantitative estimate of drug-likeness (QED) is 0.509. The Labute approximate surface area is 91.1 Å². The van der Waals surface area contributed by atoms with Crippen molar-refractivity contribution in [2.45, 2.75) is 19.8 Å². The van der Waals surface area contributed by atoms with Crippen LogP contribution in [0.4, 0.5) is 0 Å². The lowest BCUT2D eigenvalue weighted by atomic mass is 9.92. The number of carbonyl (C=O) groups excluding carboxylic acids is 1. The van der Waals surface area contributed by atoms with Crippen LogP contribution >= 0.6 is 0 Å². The smallest absolute Gasteiger partial charge is 0.330 e. The molecule has 2 fully saturated rings. The molecule has 2 atom stereocenters. The molecular weight excluding hydrogens is 190 g/mol. The molecule has 2 unspecified atom stereocenters. The summed E-state index contributed by atoms with van der Waals surface area (Å²) in [5, 5.41) is 0. The van der Waals surface area contributed by atoms with Gasteiger partial charge in [0, 0.05) is 19.2 Å². The maximum absolute atomic E-state index is 11.4. The van der Waals surface area contributed by atoms with E-state index >= 15 is 0 Å². The van der Waals surface area contributed by atoms with E-state index in [1.807, 2.05) is 6.92 Å². The first-order valence-electron chi connectivity index (χ1n) is 5.77. The van der Waals surface area contributed by atoms with Crippen LogP contribution in [0.5, 0.6) is 0 Å². The zero-order valence-corrected chi connectivity index (χ0v) is 9.53. The summed E-state index contributed by atoms with van der Waals surface area (Å²) >= 11 is 0. The third kappa shape index (κ3) is 2.23. The van der Waals surface area contributed by atoms with E-state index < -0.39 is 0 Å². The van der Waals surface area contributed by atoms with Crippen LogP contribution in [0, 0.1) is 11.8 Å². The first-order valence-corrected chi connectivity index (χ1v) is 5.77. The molecule has 2 rings (SSSR count). The van der Waals surface area contributed by atoms with Crippen LogP contribution < -0.4 is 0 Å². The van der Waals surface area contributed by atoms with E-state index in [0.717, 1.165) is 13.1 Å². The fraction of sp³-hybridized carbons (Fsp3) is 0.750. The maximum atomic E-state index is 11.4. The van der Waals surface area contributed by atoms with Crippen molar-refractivity contribution in [1.82, 2.24) is 4.90 Å². The average Bonchev–Trinajstić information content (AvgIpc) is 2.44. The van der Waals surface area contributed by atoms with E-state index in [1.54, 1.807) is 6.08 Å². The van der Waals surface area contributed by atoms with E-state index in [4.69, 9.17) is 4.74 Å². The van der Waals surface area contributed by atoms with Crippen molar-refractivity contribution >= 4 is 5.97 Å². The second kappa shape index (κ2) is 4.35. The monoisotopic (exact) mass is 209 g/mol. The minimum atomic E-state index is -0.158. The summed E-state index contributed by atoms with van der Waals surface area (Å²) in [6.07, 6.45) is 4.22. The molecule has 1 aliphatic heterocycles. The molecule has 0 N–H and O–H groups in total. The Balaban J connectivity index is 2.07. The van der Waals surface area contributed by atoms with Gasteiger partial charge >= 0.3 is 5.97 Å². The van der Waals surface area contributed by atoms with Crippen molar-refractivity contribution in [3.8, 4) is 0 Å². The normalized spacial score (nSPS) is 30.4. The minimum absolute atomic E-state index is 0.158. The van der Waals surface area contributed by atoms with Crippen LogP contribution in [0.3, 0.4) is 0 Å². The lowest BCUT2D eigenvalue weighted by molar-refractivity contribution is -0.137. The predicted molar refractivity (Wildman–Crippen MR) is 58.4 cm³/mol. The molecule has 1 heterocycles. The summed E-state index contributed by atoms with van der Waals surface area (Å²) < 4.78 is 4.97. The lowest BCUT2D eigenvalue weighted by Crippen LogP contribution is -2.35. The van der Waals surface area contributed by atoms with Gasteiger partial charge < -0.3 is 9.64 Å². The lowest BCUT2D eigenvalue weighted by Gasteiger charge is -2.30. The molecule has 1 saturated heterocycles. The molecule has 0 spiro atoms. The minimum Gasteiger partial charge on any atom is -0.463 e. The van der Waals surface area contributed by atoms with Gasteiger partial charge in [0.25, 0.3) is 0 Å². The van der Waals surface area contributed by atoms with Crippen molar-refractivity contribution in [2.75, 3.05) is 26.7 Å². The number of rotatable bonds is 2. The van der Waals surface area contributed by atoms with Gasteiger partial charge in [-0.15, -0.1) is 0 Å². The molecule has 0 aromatic carbocycles. The van der Waals surface area contributed by atoms with Crippen LogP contribution in [0.1, 0.15) is 19.8 Å². The molecule has 0 radical (unpaired) electrons. The molecular formula is C12H19NO2. The summed E-state index contributed by atoms with van der Waals surface area (Å²) in [4.78, 5) is 13.8. The Bertz CT molecular complexity index is 269.